The predicted molar refractivity (Wildman–Crippen MR) is 163 cm³/mol. The Morgan fingerprint density at radius 3 is 2.43 bits per heavy atom. The number of phenols is 1. The molecule has 44 heavy (non-hydrogen) atoms. The van der Waals surface area contributed by atoms with Gasteiger partial charge in [-0.05, 0) is 61.9 Å². The molecule has 3 aromatic rings. The van der Waals surface area contributed by atoms with Crippen molar-refractivity contribution in [3.8, 4) is 16.2 Å². The Kier molecular flexibility index (Phi) is 7.37. The zero-order chi connectivity index (χ0) is 31.5. The van der Waals surface area contributed by atoms with Crippen molar-refractivity contribution in [2.24, 2.45) is 29.4 Å². The van der Waals surface area contributed by atoms with Crippen LogP contribution < -0.4 is 16.0 Å². The molecule has 2 fully saturated rings. The molecule has 2 aromatic carbocycles. The number of aromatic hydroxyl groups is 1. The standard InChI is InChI=1S/C32H32N4O7S/c1-3-36(4-2)19-8-5-15(6-9-19)22-14-34-31(44-22)35-20-10-7-16-11-17-12-18-13-21(37)25(30(33)42)29(41)32(18,43)28(40)24(17)27(39)23(16)26(20)38/h5-10,14,17-18,24-25,38,43H,3-4,11-13H2,1-2H3,(H2,33,42)(H,34,35)/t17-,18-,24?,25?,32-/m0/s1. The molecule has 5 atom stereocenters. The van der Waals surface area contributed by atoms with Gasteiger partial charge in [-0.3, -0.25) is 24.0 Å². The molecule has 6 rings (SSSR count). The van der Waals surface area contributed by atoms with E-state index in [4.69, 9.17) is 5.73 Å². The monoisotopic (exact) mass is 616 g/mol. The number of nitrogens with one attached hydrogen (secondary N) is 1. The van der Waals surface area contributed by atoms with Crippen LogP contribution >= 0.6 is 11.3 Å². The third-order valence-corrected chi connectivity index (χ3v) is 10.3. The number of carbonyl (C=O) groups is 5. The molecule has 2 unspecified atom stereocenters. The smallest absolute Gasteiger partial charge is 0.235 e. The van der Waals surface area contributed by atoms with Crippen molar-refractivity contribution >= 4 is 56.9 Å². The average molecular weight is 617 g/mol. The summed E-state index contributed by atoms with van der Waals surface area (Å²) in [6.45, 7) is 6.02. The molecule has 0 spiro atoms. The van der Waals surface area contributed by atoms with Gasteiger partial charge >= 0.3 is 0 Å². The summed E-state index contributed by atoms with van der Waals surface area (Å²) in [5.74, 6) is -10.4. The van der Waals surface area contributed by atoms with E-state index >= 15 is 0 Å². The maximum atomic E-state index is 13.8. The van der Waals surface area contributed by atoms with E-state index in [-0.39, 0.29) is 36.3 Å². The van der Waals surface area contributed by atoms with Gasteiger partial charge in [-0.2, -0.15) is 0 Å². The number of fused-ring (bicyclic) bond motifs is 3. The number of phenolic OH excluding ortho intramolecular Hbond substituents is 1. The number of hydrogen-bond acceptors (Lipinski definition) is 11. The number of ketones is 4. The van der Waals surface area contributed by atoms with Gasteiger partial charge in [0, 0.05) is 37.3 Å². The van der Waals surface area contributed by atoms with Crippen LogP contribution in [0, 0.1) is 23.7 Å². The molecule has 1 heterocycles. The summed E-state index contributed by atoms with van der Waals surface area (Å²) >= 11 is 1.37. The van der Waals surface area contributed by atoms with E-state index in [1.165, 1.54) is 11.3 Å². The second-order valence-corrected chi connectivity index (χ2v) is 12.6. The molecule has 0 bridgehead atoms. The number of hydrogen-bond donors (Lipinski definition) is 4. The van der Waals surface area contributed by atoms with Crippen molar-refractivity contribution in [3.63, 3.8) is 0 Å². The van der Waals surface area contributed by atoms with E-state index in [2.05, 4.69) is 41.2 Å². The SMILES string of the molecule is CCN(CC)c1ccc(-c2cnc(Nc3ccc4c(c3O)C(=O)C3C(=O)[C@]5(O)C(=O)C(C(N)=O)C(=O)C[C@@H]5C[C@@H]3C4)s2)cc1. The highest BCUT2D eigenvalue weighted by Crippen LogP contribution is 2.50. The third kappa shape index (κ3) is 4.51. The van der Waals surface area contributed by atoms with Crippen molar-refractivity contribution in [1.29, 1.82) is 0 Å². The quantitative estimate of drug-likeness (QED) is 0.228. The maximum Gasteiger partial charge on any atom is 0.235 e. The van der Waals surface area contributed by atoms with Gasteiger partial charge < -0.3 is 26.2 Å². The molecule has 1 aromatic heterocycles. The Balaban J connectivity index is 1.26. The lowest BCUT2D eigenvalue weighted by Crippen LogP contribution is -2.68. The molecule has 0 aliphatic heterocycles. The summed E-state index contributed by atoms with van der Waals surface area (Å²) in [4.78, 5) is 72.5. The van der Waals surface area contributed by atoms with Crippen LogP contribution in [0.1, 0.15) is 42.6 Å². The van der Waals surface area contributed by atoms with Gasteiger partial charge in [0.05, 0.1) is 22.0 Å². The summed E-state index contributed by atoms with van der Waals surface area (Å²) in [5.41, 5.74) is 5.34. The van der Waals surface area contributed by atoms with E-state index in [9.17, 15) is 34.2 Å². The Labute approximate surface area is 257 Å². The number of thiazole rings is 1. The maximum absolute atomic E-state index is 13.8. The van der Waals surface area contributed by atoms with Crippen LogP contribution in [0.2, 0.25) is 0 Å². The number of anilines is 3. The fourth-order valence-corrected chi connectivity index (χ4v) is 7.88. The van der Waals surface area contributed by atoms with Gasteiger partial charge in [-0.1, -0.05) is 29.5 Å². The van der Waals surface area contributed by atoms with Crippen LogP contribution in [0.15, 0.2) is 42.6 Å². The van der Waals surface area contributed by atoms with E-state index in [0.717, 1.165) is 29.2 Å². The zero-order valence-electron chi connectivity index (χ0n) is 24.2. The van der Waals surface area contributed by atoms with Gasteiger partial charge in [0.15, 0.2) is 39.8 Å². The number of aliphatic hydroxyl groups is 1. The highest BCUT2D eigenvalue weighted by molar-refractivity contribution is 7.19. The van der Waals surface area contributed by atoms with E-state index < -0.39 is 58.3 Å². The Morgan fingerprint density at radius 1 is 1.07 bits per heavy atom. The molecular formula is C32H32N4O7S. The van der Waals surface area contributed by atoms with E-state index in [1.54, 1.807) is 18.3 Å². The van der Waals surface area contributed by atoms with Gasteiger partial charge in [-0.15, -0.1) is 0 Å². The van der Waals surface area contributed by atoms with Crippen molar-refractivity contribution in [3.05, 3.63) is 53.7 Å². The number of nitrogens with two attached hydrogens (primary N) is 1. The summed E-state index contributed by atoms with van der Waals surface area (Å²) in [6.07, 6.45) is 1.63. The molecule has 0 saturated heterocycles. The van der Waals surface area contributed by atoms with Crippen LogP contribution in [0.5, 0.6) is 5.75 Å². The molecular weight excluding hydrogens is 584 g/mol. The number of Topliss-reactive ketones (excluding diaryl/α,β-unsaturated/α-hetero) is 4. The predicted octanol–water partition coefficient (Wildman–Crippen LogP) is 3.04. The van der Waals surface area contributed by atoms with Crippen molar-refractivity contribution in [2.75, 3.05) is 23.3 Å². The zero-order valence-corrected chi connectivity index (χ0v) is 25.0. The molecule has 3 aliphatic rings. The lowest BCUT2D eigenvalue weighted by Gasteiger charge is -2.48. The third-order valence-electron chi connectivity index (χ3n) is 9.30. The number of aromatic nitrogens is 1. The van der Waals surface area contributed by atoms with Crippen molar-refractivity contribution in [2.45, 2.75) is 38.7 Å². The molecule has 228 valence electrons. The lowest BCUT2D eigenvalue weighted by molar-refractivity contribution is -0.175. The van der Waals surface area contributed by atoms with Crippen molar-refractivity contribution in [1.82, 2.24) is 4.98 Å². The number of amides is 1. The van der Waals surface area contributed by atoms with Crippen LogP contribution in [0.4, 0.5) is 16.5 Å². The van der Waals surface area contributed by atoms with Gasteiger partial charge in [0.25, 0.3) is 0 Å². The Hall–Kier alpha value is -4.42. The minimum Gasteiger partial charge on any atom is -0.505 e. The number of rotatable bonds is 7. The van der Waals surface area contributed by atoms with Crippen LogP contribution in [0.25, 0.3) is 10.4 Å². The fourth-order valence-electron chi connectivity index (χ4n) is 7.05. The lowest BCUT2D eigenvalue weighted by atomic mass is 9.54. The first-order valence-corrected chi connectivity index (χ1v) is 15.4. The fraction of sp³-hybridized carbons (Fsp3) is 0.375. The molecule has 12 heteroatoms. The highest BCUT2D eigenvalue weighted by Gasteiger charge is 2.66. The summed E-state index contributed by atoms with van der Waals surface area (Å²) in [7, 11) is 0. The number of primary amides is 1. The molecule has 11 nitrogen and oxygen atoms in total. The molecule has 5 N–H and O–H groups in total. The number of carbonyl (C=O) groups excluding carboxylic acids is 5. The van der Waals surface area contributed by atoms with Crippen LogP contribution in [0.3, 0.4) is 0 Å². The van der Waals surface area contributed by atoms with Crippen molar-refractivity contribution < 1.29 is 34.2 Å². The van der Waals surface area contributed by atoms with Gasteiger partial charge in [0.1, 0.15) is 5.75 Å². The number of benzene rings is 2. The van der Waals surface area contributed by atoms with Gasteiger partial charge in [0.2, 0.25) is 5.91 Å². The highest BCUT2D eigenvalue weighted by atomic mass is 32.1. The normalized spacial score (nSPS) is 26.1. The molecule has 0 radical (unpaired) electrons. The second kappa shape index (κ2) is 10.9. The second-order valence-electron chi connectivity index (χ2n) is 11.6. The van der Waals surface area contributed by atoms with Crippen LogP contribution in [-0.2, 0) is 25.6 Å². The topological polar surface area (TPSA) is 180 Å². The minimum atomic E-state index is -2.67. The average Bonchev–Trinajstić information content (AvgIpc) is 3.46. The molecule has 1 amide bonds. The summed E-state index contributed by atoms with van der Waals surface area (Å²) in [6, 6.07) is 11.5. The minimum absolute atomic E-state index is 0.0552. The van der Waals surface area contributed by atoms with Gasteiger partial charge in [-0.25, -0.2) is 4.98 Å². The molecule has 3 aliphatic carbocycles. The number of nitrogens with zero attached hydrogens (tertiary/aromatic N) is 2. The van der Waals surface area contributed by atoms with E-state index in [1.807, 2.05) is 12.1 Å². The van der Waals surface area contributed by atoms with Crippen LogP contribution in [-0.4, -0.2) is 62.9 Å². The first-order chi connectivity index (χ1) is 21.0. The summed E-state index contributed by atoms with van der Waals surface area (Å²) < 4.78 is 0. The molecule has 2 saturated carbocycles. The Morgan fingerprint density at radius 2 is 1.77 bits per heavy atom. The summed E-state index contributed by atoms with van der Waals surface area (Å²) in [5, 5.41) is 26.1. The largest absolute Gasteiger partial charge is 0.505 e. The first-order valence-electron chi connectivity index (χ1n) is 14.6. The first kappa shape index (κ1) is 29.6. The van der Waals surface area contributed by atoms with E-state index in [0.29, 0.717) is 10.7 Å². The Bertz CT molecular complexity index is 1710.